The van der Waals surface area contributed by atoms with Crippen molar-refractivity contribution in [2.45, 2.75) is 56.3 Å². The number of halogens is 3. The molecule has 5 nitrogen and oxygen atoms in total. The van der Waals surface area contributed by atoms with Gasteiger partial charge in [-0.3, -0.25) is 9.59 Å². The van der Waals surface area contributed by atoms with Crippen molar-refractivity contribution < 1.29 is 9.59 Å². The molecule has 0 bridgehead atoms. The molecule has 2 amide bonds. The monoisotopic (exact) mass is 655 g/mol. The molecule has 0 saturated carbocycles. The van der Waals surface area contributed by atoms with Crippen molar-refractivity contribution in [2.75, 3.05) is 46.3 Å². The minimum absolute atomic E-state index is 0. The molecule has 2 heterocycles. The van der Waals surface area contributed by atoms with Crippen LogP contribution in [-0.4, -0.2) is 72.8 Å². The molecule has 0 N–H and O–H groups in total. The van der Waals surface area contributed by atoms with Crippen molar-refractivity contribution in [3.05, 3.63) is 106 Å². The lowest BCUT2D eigenvalue weighted by Crippen LogP contribution is -2.50. The van der Waals surface area contributed by atoms with E-state index in [4.69, 9.17) is 23.2 Å². The summed E-state index contributed by atoms with van der Waals surface area (Å²) in [7, 11) is 1.91. The van der Waals surface area contributed by atoms with Crippen LogP contribution >= 0.6 is 35.6 Å². The molecule has 8 heteroatoms. The smallest absolute Gasteiger partial charge is 0.253 e. The van der Waals surface area contributed by atoms with E-state index in [9.17, 15) is 9.59 Å². The molecule has 5 rings (SSSR count). The van der Waals surface area contributed by atoms with Crippen LogP contribution in [-0.2, 0) is 15.6 Å². The Kier molecular flexibility index (Phi) is 11.8. The molecule has 236 valence electrons. The average Bonchev–Trinajstić information content (AvgIpc) is 3.03. The standard InChI is InChI=1S/C36H43Cl2N3O2.ClH/c1-28(42)39(2)26-36(30-13-7-4-8-14-30)19-23-40(24-20-36)21-9-17-35(31-15-16-32(37)33(38)25-31)18-10-22-41(27-35)34(43)29-11-5-3-6-12-29;/h3-8,11-16,25H,9-10,17-24,26-27H2,1-2H3;1H. The maximum Gasteiger partial charge on any atom is 0.253 e. The Morgan fingerprint density at radius 3 is 2.11 bits per heavy atom. The summed E-state index contributed by atoms with van der Waals surface area (Å²) in [5.41, 5.74) is 3.03. The molecule has 0 radical (unpaired) electrons. The molecular formula is C36H44Cl3N3O2. The molecule has 44 heavy (non-hydrogen) atoms. The highest BCUT2D eigenvalue weighted by molar-refractivity contribution is 6.42. The highest BCUT2D eigenvalue weighted by atomic mass is 35.5. The molecule has 0 spiro atoms. The third kappa shape index (κ3) is 7.80. The van der Waals surface area contributed by atoms with E-state index in [2.05, 4.69) is 41.3 Å². The van der Waals surface area contributed by atoms with Crippen molar-refractivity contribution in [2.24, 2.45) is 0 Å². The van der Waals surface area contributed by atoms with Gasteiger partial charge in [0.1, 0.15) is 0 Å². The van der Waals surface area contributed by atoms with E-state index >= 15 is 0 Å². The number of rotatable bonds is 9. The van der Waals surface area contributed by atoms with E-state index in [1.165, 1.54) is 11.1 Å². The van der Waals surface area contributed by atoms with Gasteiger partial charge in [-0.15, -0.1) is 12.4 Å². The fourth-order valence-corrected chi connectivity index (χ4v) is 7.52. The largest absolute Gasteiger partial charge is 0.345 e. The number of benzene rings is 3. The normalized spacial score (nSPS) is 20.0. The number of likely N-dealkylation sites (N-methyl/N-ethyl adjacent to an activating group) is 1. The number of piperidine rings is 2. The first kappa shape index (κ1) is 34.3. The van der Waals surface area contributed by atoms with Gasteiger partial charge in [0.15, 0.2) is 0 Å². The summed E-state index contributed by atoms with van der Waals surface area (Å²) >= 11 is 12.9. The SMILES string of the molecule is CC(=O)N(C)CC1(c2ccccc2)CCN(CCCC2(c3ccc(Cl)c(Cl)c3)CCCN(C(=O)c3ccccc3)C2)CC1.Cl. The minimum atomic E-state index is -0.176. The predicted octanol–water partition coefficient (Wildman–Crippen LogP) is 7.88. The van der Waals surface area contributed by atoms with Gasteiger partial charge in [0.05, 0.1) is 10.0 Å². The summed E-state index contributed by atoms with van der Waals surface area (Å²) in [5.74, 6) is 0.200. The van der Waals surface area contributed by atoms with Gasteiger partial charge in [0, 0.05) is 50.0 Å². The first-order valence-electron chi connectivity index (χ1n) is 15.5. The van der Waals surface area contributed by atoms with Crippen molar-refractivity contribution in [1.29, 1.82) is 0 Å². The molecule has 2 aliphatic rings. The molecule has 2 saturated heterocycles. The molecule has 2 fully saturated rings. The van der Waals surface area contributed by atoms with E-state index in [0.717, 1.165) is 76.8 Å². The quantitative estimate of drug-likeness (QED) is 0.235. The van der Waals surface area contributed by atoms with E-state index in [-0.39, 0.29) is 35.1 Å². The van der Waals surface area contributed by atoms with Crippen LogP contribution < -0.4 is 0 Å². The van der Waals surface area contributed by atoms with Crippen LogP contribution in [0.5, 0.6) is 0 Å². The number of amides is 2. The lowest BCUT2D eigenvalue weighted by molar-refractivity contribution is -0.128. The van der Waals surface area contributed by atoms with Gasteiger partial charge in [-0.2, -0.15) is 0 Å². The Hall–Kier alpha value is -2.57. The number of carbonyl (C=O) groups excluding carboxylic acids is 2. The van der Waals surface area contributed by atoms with Gasteiger partial charge in [-0.25, -0.2) is 0 Å². The Labute approximate surface area is 278 Å². The lowest BCUT2D eigenvalue weighted by atomic mass is 9.70. The van der Waals surface area contributed by atoms with Gasteiger partial charge in [-0.05, 0) is 93.6 Å². The second-order valence-corrected chi connectivity index (χ2v) is 13.4. The first-order chi connectivity index (χ1) is 20.7. The van der Waals surface area contributed by atoms with E-state index in [1.54, 1.807) is 6.92 Å². The van der Waals surface area contributed by atoms with E-state index in [0.29, 0.717) is 16.6 Å². The third-order valence-corrected chi connectivity index (χ3v) is 10.6. The lowest BCUT2D eigenvalue weighted by Gasteiger charge is -2.45. The summed E-state index contributed by atoms with van der Waals surface area (Å²) in [6.45, 7) is 6.83. The van der Waals surface area contributed by atoms with Crippen LogP contribution in [0.3, 0.4) is 0 Å². The topological polar surface area (TPSA) is 43.9 Å². The van der Waals surface area contributed by atoms with E-state index in [1.807, 2.05) is 59.3 Å². The summed E-state index contributed by atoms with van der Waals surface area (Å²) in [5, 5.41) is 1.12. The molecule has 3 aromatic carbocycles. The highest BCUT2D eigenvalue weighted by Crippen LogP contribution is 2.41. The molecular weight excluding hydrogens is 613 g/mol. The van der Waals surface area contributed by atoms with Crippen LogP contribution in [0.4, 0.5) is 0 Å². The van der Waals surface area contributed by atoms with Gasteiger partial charge in [0.2, 0.25) is 5.91 Å². The maximum absolute atomic E-state index is 13.5. The van der Waals surface area contributed by atoms with Gasteiger partial charge >= 0.3 is 0 Å². The van der Waals surface area contributed by atoms with Crippen LogP contribution in [0.1, 0.15) is 66.9 Å². The maximum atomic E-state index is 13.5. The zero-order valence-electron chi connectivity index (χ0n) is 25.8. The van der Waals surface area contributed by atoms with Crippen LogP contribution in [0.2, 0.25) is 10.0 Å². The number of carbonyl (C=O) groups is 2. The molecule has 1 unspecified atom stereocenters. The highest BCUT2D eigenvalue weighted by Gasteiger charge is 2.40. The summed E-state index contributed by atoms with van der Waals surface area (Å²) in [4.78, 5) is 32.1. The predicted molar refractivity (Wildman–Crippen MR) is 183 cm³/mol. The van der Waals surface area contributed by atoms with Gasteiger partial charge in [-0.1, -0.05) is 77.8 Å². The Morgan fingerprint density at radius 1 is 0.818 bits per heavy atom. The summed E-state index contributed by atoms with van der Waals surface area (Å²) < 4.78 is 0. The summed E-state index contributed by atoms with van der Waals surface area (Å²) in [6.07, 6.45) is 6.00. The number of hydrogen-bond donors (Lipinski definition) is 0. The van der Waals surface area contributed by atoms with Gasteiger partial charge in [0.25, 0.3) is 5.91 Å². The van der Waals surface area contributed by atoms with E-state index < -0.39 is 0 Å². The average molecular weight is 657 g/mol. The Morgan fingerprint density at radius 2 is 1.48 bits per heavy atom. The zero-order valence-corrected chi connectivity index (χ0v) is 28.1. The van der Waals surface area contributed by atoms with Crippen LogP contribution in [0.25, 0.3) is 0 Å². The fraction of sp³-hybridized carbons (Fsp3) is 0.444. The van der Waals surface area contributed by atoms with Crippen LogP contribution in [0.15, 0.2) is 78.9 Å². The third-order valence-electron chi connectivity index (χ3n) is 9.82. The van der Waals surface area contributed by atoms with Crippen molar-refractivity contribution in [3.63, 3.8) is 0 Å². The second-order valence-electron chi connectivity index (χ2n) is 12.6. The molecule has 0 aromatic heterocycles. The Bertz CT molecular complexity index is 1400. The van der Waals surface area contributed by atoms with Crippen molar-refractivity contribution in [3.8, 4) is 0 Å². The molecule has 2 aliphatic heterocycles. The zero-order chi connectivity index (χ0) is 30.5. The van der Waals surface area contributed by atoms with Crippen molar-refractivity contribution >= 4 is 47.4 Å². The Balaban J connectivity index is 0.00000442. The number of hydrogen-bond acceptors (Lipinski definition) is 3. The minimum Gasteiger partial charge on any atom is -0.345 e. The van der Waals surface area contributed by atoms with Crippen LogP contribution in [0, 0.1) is 0 Å². The molecule has 0 aliphatic carbocycles. The summed E-state index contributed by atoms with van der Waals surface area (Å²) in [6, 6.07) is 26.3. The second kappa shape index (κ2) is 15.1. The van der Waals surface area contributed by atoms with Gasteiger partial charge < -0.3 is 14.7 Å². The molecule has 1 atom stereocenters. The van der Waals surface area contributed by atoms with Crippen molar-refractivity contribution in [1.82, 2.24) is 14.7 Å². The first-order valence-corrected chi connectivity index (χ1v) is 16.3. The molecule has 3 aromatic rings. The number of likely N-dealkylation sites (tertiary alicyclic amines) is 2. The fourth-order valence-electron chi connectivity index (χ4n) is 7.22. The number of nitrogens with zero attached hydrogens (tertiary/aromatic N) is 3.